The van der Waals surface area contributed by atoms with E-state index >= 15 is 0 Å². The first-order valence-corrected chi connectivity index (χ1v) is 8.95. The van der Waals surface area contributed by atoms with Crippen LogP contribution in [0.25, 0.3) is 10.6 Å². The number of aromatic nitrogens is 1. The van der Waals surface area contributed by atoms with E-state index in [9.17, 15) is 9.18 Å². The van der Waals surface area contributed by atoms with Crippen molar-refractivity contribution in [2.75, 3.05) is 5.32 Å². The van der Waals surface area contributed by atoms with Gasteiger partial charge in [0.1, 0.15) is 10.8 Å². The summed E-state index contributed by atoms with van der Waals surface area (Å²) in [4.78, 5) is 16.8. The Kier molecular flexibility index (Phi) is 5.16. The predicted octanol–water partition coefficient (Wildman–Crippen LogP) is 5.40. The Labute approximate surface area is 154 Å². The number of anilines is 1. The third-order valence-corrected chi connectivity index (χ3v) is 4.92. The monoisotopic (exact) mass is 374 g/mol. The van der Waals surface area contributed by atoms with E-state index in [-0.39, 0.29) is 18.1 Å². The molecule has 2 aromatic carbocycles. The highest BCUT2D eigenvalue weighted by Crippen LogP contribution is 2.28. The van der Waals surface area contributed by atoms with Crippen LogP contribution in [0, 0.1) is 19.7 Å². The number of hydrogen-bond donors (Lipinski definition) is 1. The molecule has 6 heteroatoms. The molecule has 1 aromatic heterocycles. The number of halogens is 2. The van der Waals surface area contributed by atoms with E-state index in [1.807, 2.05) is 31.4 Å². The predicted molar refractivity (Wildman–Crippen MR) is 101 cm³/mol. The van der Waals surface area contributed by atoms with Gasteiger partial charge in [-0.25, -0.2) is 9.37 Å². The summed E-state index contributed by atoms with van der Waals surface area (Å²) in [7, 11) is 0. The summed E-state index contributed by atoms with van der Waals surface area (Å²) in [5, 5.41) is 5.97. The van der Waals surface area contributed by atoms with Crippen molar-refractivity contribution in [3.8, 4) is 10.6 Å². The van der Waals surface area contributed by atoms with Gasteiger partial charge in [0.25, 0.3) is 0 Å². The fraction of sp³-hybridized carbons (Fsp3) is 0.158. The number of hydrogen-bond acceptors (Lipinski definition) is 3. The lowest BCUT2D eigenvalue weighted by atomic mass is 10.1. The highest BCUT2D eigenvalue weighted by Gasteiger charge is 2.12. The summed E-state index contributed by atoms with van der Waals surface area (Å²) >= 11 is 7.65. The van der Waals surface area contributed by atoms with E-state index in [1.165, 1.54) is 23.5 Å². The van der Waals surface area contributed by atoms with Crippen molar-refractivity contribution in [3.63, 3.8) is 0 Å². The molecule has 0 aliphatic carbocycles. The number of amides is 1. The maximum absolute atomic E-state index is 13.0. The molecular weight excluding hydrogens is 359 g/mol. The molecule has 0 aliphatic rings. The van der Waals surface area contributed by atoms with Crippen LogP contribution in [0.1, 0.15) is 16.8 Å². The van der Waals surface area contributed by atoms with E-state index in [4.69, 9.17) is 11.6 Å². The van der Waals surface area contributed by atoms with Gasteiger partial charge in [0.05, 0.1) is 22.8 Å². The molecule has 1 heterocycles. The summed E-state index contributed by atoms with van der Waals surface area (Å²) in [5.41, 5.74) is 4.09. The number of benzene rings is 2. The molecule has 0 bridgehead atoms. The molecule has 3 nitrogen and oxygen atoms in total. The van der Waals surface area contributed by atoms with E-state index < -0.39 is 0 Å². The Morgan fingerprint density at radius 2 is 1.96 bits per heavy atom. The quantitative estimate of drug-likeness (QED) is 0.664. The summed E-state index contributed by atoms with van der Waals surface area (Å²) < 4.78 is 13.0. The summed E-state index contributed by atoms with van der Waals surface area (Å²) in [6.45, 7) is 3.86. The zero-order valence-corrected chi connectivity index (χ0v) is 15.3. The summed E-state index contributed by atoms with van der Waals surface area (Å²) in [6.07, 6.45) is 0.154. The molecular formula is C19H16ClFN2OS. The second-order valence-electron chi connectivity index (χ2n) is 5.81. The lowest BCUT2D eigenvalue weighted by Crippen LogP contribution is -2.15. The zero-order chi connectivity index (χ0) is 18.0. The minimum absolute atomic E-state index is 0.154. The van der Waals surface area contributed by atoms with Crippen LogP contribution in [-0.4, -0.2) is 10.9 Å². The normalized spacial score (nSPS) is 10.7. The minimum Gasteiger partial charge on any atom is -0.324 e. The Morgan fingerprint density at radius 3 is 2.64 bits per heavy atom. The number of carbonyl (C=O) groups excluding carboxylic acids is 1. The van der Waals surface area contributed by atoms with Crippen LogP contribution < -0.4 is 5.32 Å². The SMILES string of the molecule is Cc1cc(C)c(NC(=O)Cc2csc(-c3ccc(F)cc3)n2)c(Cl)c1. The van der Waals surface area contributed by atoms with Crippen LogP contribution in [-0.2, 0) is 11.2 Å². The van der Waals surface area contributed by atoms with Crippen molar-refractivity contribution < 1.29 is 9.18 Å². The molecule has 0 fully saturated rings. The number of aryl methyl sites for hydroxylation is 2. The third kappa shape index (κ3) is 4.24. The number of rotatable bonds is 4. The van der Waals surface area contributed by atoms with Gasteiger partial charge < -0.3 is 5.32 Å². The summed E-state index contributed by atoms with van der Waals surface area (Å²) in [6, 6.07) is 9.92. The fourth-order valence-corrected chi connectivity index (χ4v) is 3.73. The molecule has 3 rings (SSSR count). The molecule has 0 atom stereocenters. The average molecular weight is 375 g/mol. The molecule has 0 saturated carbocycles. The second-order valence-corrected chi connectivity index (χ2v) is 7.08. The standard InChI is InChI=1S/C19H16ClFN2OS/c1-11-7-12(2)18(16(20)8-11)23-17(24)9-15-10-25-19(22-15)13-3-5-14(21)6-4-13/h3-8,10H,9H2,1-2H3,(H,23,24). The molecule has 0 unspecified atom stereocenters. The van der Waals surface area contributed by atoms with Gasteiger partial charge in [0, 0.05) is 10.9 Å². The highest BCUT2D eigenvalue weighted by atomic mass is 35.5. The van der Waals surface area contributed by atoms with Gasteiger partial charge in [-0.05, 0) is 55.3 Å². The number of thiazole rings is 1. The molecule has 1 N–H and O–H groups in total. The topological polar surface area (TPSA) is 42.0 Å². The van der Waals surface area contributed by atoms with Crippen LogP contribution in [0.15, 0.2) is 41.8 Å². The third-order valence-electron chi connectivity index (χ3n) is 3.68. The smallest absolute Gasteiger partial charge is 0.230 e. The number of nitrogens with one attached hydrogen (secondary N) is 1. The van der Waals surface area contributed by atoms with E-state index in [0.29, 0.717) is 16.4 Å². The molecule has 3 aromatic rings. The van der Waals surface area contributed by atoms with Gasteiger partial charge in [-0.2, -0.15) is 0 Å². The van der Waals surface area contributed by atoms with Crippen LogP contribution in [0.2, 0.25) is 5.02 Å². The molecule has 0 spiro atoms. The van der Waals surface area contributed by atoms with Crippen LogP contribution in [0.3, 0.4) is 0 Å². The Hall–Kier alpha value is -2.24. The van der Waals surface area contributed by atoms with Gasteiger partial charge in [-0.1, -0.05) is 17.7 Å². The average Bonchev–Trinajstić information content (AvgIpc) is 3.00. The van der Waals surface area contributed by atoms with Gasteiger partial charge in [-0.3, -0.25) is 4.79 Å². The minimum atomic E-state index is -0.287. The lowest BCUT2D eigenvalue weighted by molar-refractivity contribution is -0.115. The molecule has 0 radical (unpaired) electrons. The van der Waals surface area contributed by atoms with E-state index in [1.54, 1.807) is 12.1 Å². The molecule has 25 heavy (non-hydrogen) atoms. The fourth-order valence-electron chi connectivity index (χ4n) is 2.54. The molecule has 128 valence electrons. The zero-order valence-electron chi connectivity index (χ0n) is 13.8. The van der Waals surface area contributed by atoms with Crippen molar-refractivity contribution in [2.45, 2.75) is 20.3 Å². The van der Waals surface area contributed by atoms with E-state index in [0.717, 1.165) is 21.7 Å². The summed E-state index contributed by atoms with van der Waals surface area (Å²) in [5.74, 6) is -0.463. The van der Waals surface area contributed by atoms with Gasteiger partial charge in [0.15, 0.2) is 0 Å². The molecule has 1 amide bonds. The Morgan fingerprint density at radius 1 is 1.24 bits per heavy atom. The lowest BCUT2D eigenvalue weighted by Gasteiger charge is -2.11. The first-order chi connectivity index (χ1) is 11.9. The van der Waals surface area contributed by atoms with Crippen molar-refractivity contribution >= 4 is 34.5 Å². The highest BCUT2D eigenvalue weighted by molar-refractivity contribution is 7.13. The molecule has 0 saturated heterocycles. The first kappa shape index (κ1) is 17.6. The molecule has 0 aliphatic heterocycles. The van der Waals surface area contributed by atoms with Gasteiger partial charge in [-0.15, -0.1) is 11.3 Å². The Bertz CT molecular complexity index is 898. The van der Waals surface area contributed by atoms with Crippen molar-refractivity contribution in [1.29, 1.82) is 0 Å². The van der Waals surface area contributed by atoms with Gasteiger partial charge in [0.2, 0.25) is 5.91 Å². The number of nitrogens with zero attached hydrogens (tertiary/aromatic N) is 1. The Balaban J connectivity index is 1.71. The maximum Gasteiger partial charge on any atom is 0.230 e. The van der Waals surface area contributed by atoms with Gasteiger partial charge >= 0.3 is 0 Å². The maximum atomic E-state index is 13.0. The van der Waals surface area contributed by atoms with Crippen LogP contribution >= 0.6 is 22.9 Å². The van der Waals surface area contributed by atoms with E-state index in [2.05, 4.69) is 10.3 Å². The first-order valence-electron chi connectivity index (χ1n) is 7.69. The number of carbonyl (C=O) groups is 1. The largest absolute Gasteiger partial charge is 0.324 e. The van der Waals surface area contributed by atoms with Crippen LogP contribution in [0.5, 0.6) is 0 Å². The van der Waals surface area contributed by atoms with Crippen molar-refractivity contribution in [2.24, 2.45) is 0 Å². The van der Waals surface area contributed by atoms with Crippen molar-refractivity contribution in [3.05, 3.63) is 69.4 Å². The second kappa shape index (κ2) is 7.33. The van der Waals surface area contributed by atoms with Crippen molar-refractivity contribution in [1.82, 2.24) is 4.98 Å². The van der Waals surface area contributed by atoms with Crippen LogP contribution in [0.4, 0.5) is 10.1 Å².